The smallest absolute Gasteiger partial charge is 0.268 e. The lowest BCUT2D eigenvalue weighted by Crippen LogP contribution is -2.31. The van der Waals surface area contributed by atoms with E-state index in [9.17, 15) is 4.79 Å². The highest BCUT2D eigenvalue weighted by Gasteiger charge is 2.21. The summed E-state index contributed by atoms with van der Waals surface area (Å²) in [5, 5.41) is 9.01. The number of hydrogen-bond donors (Lipinski definition) is 0. The zero-order valence-corrected chi connectivity index (χ0v) is 11.1. The van der Waals surface area contributed by atoms with E-state index in [1.165, 1.54) is 19.3 Å². The van der Waals surface area contributed by atoms with Crippen molar-refractivity contribution in [2.75, 3.05) is 0 Å². The number of aromatic nitrogens is 1. The highest BCUT2D eigenvalue weighted by molar-refractivity contribution is 5.29. The average Bonchev–Trinajstić information content (AvgIpc) is 2.39. The molecule has 0 saturated heterocycles. The van der Waals surface area contributed by atoms with Gasteiger partial charge in [-0.25, -0.2) is 0 Å². The minimum Gasteiger partial charge on any atom is -0.308 e. The Morgan fingerprint density at radius 3 is 2.50 bits per heavy atom. The Bertz CT molecular complexity index is 516. The molecule has 0 atom stereocenters. The molecule has 1 aliphatic carbocycles. The third-order valence-corrected chi connectivity index (χ3v) is 3.80. The molecule has 0 bridgehead atoms. The Morgan fingerprint density at radius 2 is 1.94 bits per heavy atom. The third kappa shape index (κ3) is 2.33. The van der Waals surface area contributed by atoms with Crippen molar-refractivity contribution in [3.63, 3.8) is 0 Å². The molecule has 0 radical (unpaired) electrons. The topological polar surface area (TPSA) is 45.8 Å². The van der Waals surface area contributed by atoms with Gasteiger partial charge in [-0.15, -0.1) is 0 Å². The van der Waals surface area contributed by atoms with Gasteiger partial charge in [-0.05, 0) is 30.9 Å². The highest BCUT2D eigenvalue weighted by atomic mass is 16.1. The number of nitrogens with zero attached hydrogens (tertiary/aromatic N) is 2. The maximum atomic E-state index is 12.4. The van der Waals surface area contributed by atoms with Gasteiger partial charge in [0.2, 0.25) is 0 Å². The van der Waals surface area contributed by atoms with Crippen LogP contribution in [0.4, 0.5) is 0 Å². The molecule has 18 heavy (non-hydrogen) atoms. The van der Waals surface area contributed by atoms with Crippen LogP contribution in [0.5, 0.6) is 0 Å². The molecule has 0 amide bonds. The first-order valence-corrected chi connectivity index (χ1v) is 6.80. The predicted molar refractivity (Wildman–Crippen MR) is 71.6 cm³/mol. The van der Waals surface area contributed by atoms with Crippen molar-refractivity contribution in [1.29, 1.82) is 5.26 Å². The van der Waals surface area contributed by atoms with Crippen molar-refractivity contribution in [1.82, 2.24) is 4.57 Å². The maximum Gasteiger partial charge on any atom is 0.268 e. The summed E-state index contributed by atoms with van der Waals surface area (Å²) in [4.78, 5) is 12.4. The zero-order chi connectivity index (χ0) is 13.1. The summed E-state index contributed by atoms with van der Waals surface area (Å²) in [6.45, 7) is 4.19. The number of nitriles is 1. The zero-order valence-electron chi connectivity index (χ0n) is 11.1. The second kappa shape index (κ2) is 5.39. The third-order valence-electron chi connectivity index (χ3n) is 3.80. The van der Waals surface area contributed by atoms with Crippen molar-refractivity contribution in [2.24, 2.45) is 0 Å². The fourth-order valence-corrected chi connectivity index (χ4v) is 2.84. The van der Waals surface area contributed by atoms with E-state index in [-0.39, 0.29) is 17.2 Å². The molecule has 0 spiro atoms. The maximum absolute atomic E-state index is 12.4. The predicted octanol–water partition coefficient (Wildman–Crippen LogP) is 3.35. The van der Waals surface area contributed by atoms with E-state index < -0.39 is 0 Å². The molecule has 1 fully saturated rings. The molecule has 0 N–H and O–H groups in total. The van der Waals surface area contributed by atoms with Crippen molar-refractivity contribution in [3.8, 4) is 6.07 Å². The van der Waals surface area contributed by atoms with Crippen molar-refractivity contribution in [3.05, 3.63) is 33.7 Å². The Hall–Kier alpha value is -1.56. The summed E-state index contributed by atoms with van der Waals surface area (Å²) in [5.41, 5.74) is 1.23. The summed E-state index contributed by atoms with van der Waals surface area (Å²) < 4.78 is 1.89. The molecular formula is C15H20N2O. The Morgan fingerprint density at radius 1 is 1.28 bits per heavy atom. The first-order chi connectivity index (χ1) is 8.65. The van der Waals surface area contributed by atoms with E-state index in [2.05, 4.69) is 13.8 Å². The van der Waals surface area contributed by atoms with Gasteiger partial charge in [0.25, 0.3) is 5.56 Å². The van der Waals surface area contributed by atoms with Crippen LogP contribution < -0.4 is 5.56 Å². The van der Waals surface area contributed by atoms with Crippen LogP contribution in [0, 0.1) is 11.3 Å². The van der Waals surface area contributed by atoms with Crippen molar-refractivity contribution < 1.29 is 0 Å². The van der Waals surface area contributed by atoms with E-state index in [0.29, 0.717) is 5.92 Å². The molecule has 0 aliphatic heterocycles. The molecule has 0 aromatic carbocycles. The fourth-order valence-electron chi connectivity index (χ4n) is 2.84. The fraction of sp³-hybridized carbons (Fsp3) is 0.600. The van der Waals surface area contributed by atoms with E-state index in [1.807, 2.05) is 16.7 Å². The highest BCUT2D eigenvalue weighted by Crippen LogP contribution is 2.29. The SMILES string of the molecule is CC(C)c1ccc(C#N)c(=O)n1C1CCCCC1. The first-order valence-electron chi connectivity index (χ1n) is 6.80. The second-order valence-electron chi connectivity index (χ2n) is 5.41. The number of rotatable bonds is 2. The van der Waals surface area contributed by atoms with Crippen LogP contribution in [-0.2, 0) is 0 Å². The van der Waals surface area contributed by atoms with Gasteiger partial charge in [-0.3, -0.25) is 4.79 Å². The summed E-state index contributed by atoms with van der Waals surface area (Å²) >= 11 is 0. The lowest BCUT2D eigenvalue weighted by molar-refractivity contribution is 0.336. The lowest BCUT2D eigenvalue weighted by atomic mass is 9.94. The number of hydrogen-bond acceptors (Lipinski definition) is 2. The van der Waals surface area contributed by atoms with E-state index in [4.69, 9.17) is 5.26 Å². The van der Waals surface area contributed by atoms with Crippen molar-refractivity contribution in [2.45, 2.75) is 57.9 Å². The minimum absolute atomic E-state index is 0.101. The molecule has 96 valence electrons. The van der Waals surface area contributed by atoms with Crippen molar-refractivity contribution >= 4 is 0 Å². The van der Waals surface area contributed by atoms with Crippen LogP contribution in [0.3, 0.4) is 0 Å². The van der Waals surface area contributed by atoms with Crippen LogP contribution in [-0.4, -0.2) is 4.57 Å². The van der Waals surface area contributed by atoms with Crippen LogP contribution in [0.1, 0.15) is 69.2 Å². The molecular weight excluding hydrogens is 224 g/mol. The van der Waals surface area contributed by atoms with Crippen LogP contribution in [0.15, 0.2) is 16.9 Å². The normalized spacial score (nSPS) is 16.8. The van der Waals surface area contributed by atoms with Gasteiger partial charge in [-0.1, -0.05) is 33.1 Å². The van der Waals surface area contributed by atoms with Gasteiger partial charge in [0.15, 0.2) is 0 Å². The Labute approximate surface area is 108 Å². The average molecular weight is 244 g/mol. The van der Waals surface area contributed by atoms with Crippen LogP contribution >= 0.6 is 0 Å². The largest absolute Gasteiger partial charge is 0.308 e. The van der Waals surface area contributed by atoms with Gasteiger partial charge in [0.05, 0.1) is 0 Å². The molecule has 1 saturated carbocycles. The Kier molecular flexibility index (Phi) is 3.86. The molecule has 3 nitrogen and oxygen atoms in total. The van der Waals surface area contributed by atoms with E-state index in [0.717, 1.165) is 18.5 Å². The lowest BCUT2D eigenvalue weighted by Gasteiger charge is -2.28. The molecule has 0 unspecified atom stereocenters. The second-order valence-corrected chi connectivity index (χ2v) is 5.41. The first kappa shape index (κ1) is 12.9. The van der Waals surface area contributed by atoms with Gasteiger partial charge in [-0.2, -0.15) is 5.26 Å². The summed E-state index contributed by atoms with van der Waals surface area (Å²) in [6.07, 6.45) is 5.76. The monoisotopic (exact) mass is 244 g/mol. The summed E-state index contributed by atoms with van der Waals surface area (Å²) in [7, 11) is 0. The van der Waals surface area contributed by atoms with Crippen LogP contribution in [0.2, 0.25) is 0 Å². The molecule has 3 heteroatoms. The van der Waals surface area contributed by atoms with Gasteiger partial charge in [0.1, 0.15) is 11.6 Å². The minimum atomic E-state index is -0.101. The summed E-state index contributed by atoms with van der Waals surface area (Å²) in [5.74, 6) is 0.312. The molecule has 1 aromatic heterocycles. The number of pyridine rings is 1. The van der Waals surface area contributed by atoms with E-state index >= 15 is 0 Å². The molecule has 1 aromatic rings. The standard InChI is InChI=1S/C15H20N2O/c1-11(2)14-9-8-12(10-16)15(18)17(14)13-6-4-3-5-7-13/h8-9,11,13H,3-7H2,1-2H3. The quantitative estimate of drug-likeness (QED) is 0.800. The molecule has 1 heterocycles. The molecule has 1 aliphatic rings. The molecule has 2 rings (SSSR count). The summed E-state index contributed by atoms with van der Waals surface area (Å²) in [6, 6.07) is 5.90. The van der Waals surface area contributed by atoms with Gasteiger partial charge >= 0.3 is 0 Å². The Balaban J connectivity index is 2.54. The van der Waals surface area contributed by atoms with E-state index in [1.54, 1.807) is 6.07 Å². The van der Waals surface area contributed by atoms with Crippen LogP contribution in [0.25, 0.3) is 0 Å². The van der Waals surface area contributed by atoms with Gasteiger partial charge in [0, 0.05) is 11.7 Å². The van der Waals surface area contributed by atoms with Gasteiger partial charge < -0.3 is 4.57 Å².